The zero-order valence-corrected chi connectivity index (χ0v) is 11.0. The van der Waals surface area contributed by atoms with E-state index in [2.05, 4.69) is 4.99 Å². The molecule has 0 saturated carbocycles. The summed E-state index contributed by atoms with van der Waals surface area (Å²) in [7, 11) is 0. The molecule has 2 rings (SSSR count). The van der Waals surface area contributed by atoms with Gasteiger partial charge >= 0.3 is 0 Å². The van der Waals surface area contributed by atoms with Crippen molar-refractivity contribution in [3.63, 3.8) is 0 Å². The Morgan fingerprint density at radius 1 is 1.45 bits per heavy atom. The van der Waals surface area contributed by atoms with Gasteiger partial charge in [0.15, 0.2) is 0 Å². The van der Waals surface area contributed by atoms with Crippen molar-refractivity contribution in [2.24, 2.45) is 4.99 Å². The van der Waals surface area contributed by atoms with Crippen molar-refractivity contribution in [3.8, 4) is 5.75 Å². The molecular weight excluding hydrogens is 284 g/mol. The van der Waals surface area contributed by atoms with Gasteiger partial charge in [0, 0.05) is 30.3 Å². The van der Waals surface area contributed by atoms with E-state index in [9.17, 15) is 15.2 Å². The van der Waals surface area contributed by atoms with Crippen LogP contribution in [0.3, 0.4) is 0 Å². The second-order valence-corrected chi connectivity index (χ2v) is 4.40. The predicted molar refractivity (Wildman–Crippen MR) is 72.4 cm³/mol. The SMILES string of the molecule is O=[N+]([O-])c1cc(Cl)cc(C=NCCc2ccco2)c1[O-]. The van der Waals surface area contributed by atoms with Gasteiger partial charge < -0.3 is 9.52 Å². The van der Waals surface area contributed by atoms with Crippen molar-refractivity contribution in [3.05, 3.63) is 57.0 Å². The van der Waals surface area contributed by atoms with Crippen molar-refractivity contribution in [1.82, 2.24) is 0 Å². The van der Waals surface area contributed by atoms with Crippen molar-refractivity contribution >= 4 is 23.5 Å². The minimum Gasteiger partial charge on any atom is -0.867 e. The Balaban J connectivity index is 2.10. The van der Waals surface area contributed by atoms with Crippen LogP contribution in [0.15, 0.2) is 39.9 Å². The highest BCUT2D eigenvalue weighted by Crippen LogP contribution is 2.29. The summed E-state index contributed by atoms with van der Waals surface area (Å²) in [4.78, 5) is 14.0. The van der Waals surface area contributed by atoms with E-state index in [0.29, 0.717) is 13.0 Å². The molecule has 0 fully saturated rings. The Labute approximate surface area is 119 Å². The largest absolute Gasteiger partial charge is 0.867 e. The van der Waals surface area contributed by atoms with Gasteiger partial charge in [0.25, 0.3) is 5.69 Å². The summed E-state index contributed by atoms with van der Waals surface area (Å²) in [6.07, 6.45) is 3.44. The fraction of sp³-hybridized carbons (Fsp3) is 0.154. The first-order valence-corrected chi connectivity index (χ1v) is 6.13. The smallest absolute Gasteiger partial charge is 0.263 e. The lowest BCUT2D eigenvalue weighted by atomic mass is 10.2. The van der Waals surface area contributed by atoms with E-state index in [0.717, 1.165) is 11.8 Å². The zero-order valence-electron chi connectivity index (χ0n) is 10.3. The fourth-order valence-electron chi connectivity index (χ4n) is 1.62. The summed E-state index contributed by atoms with van der Waals surface area (Å²) in [5, 5.41) is 22.6. The molecule has 0 radical (unpaired) electrons. The number of aliphatic imine (C=N–C) groups is 1. The number of nitro benzene ring substituents is 1. The number of hydrogen-bond acceptors (Lipinski definition) is 5. The lowest BCUT2D eigenvalue weighted by Gasteiger charge is -2.10. The highest BCUT2D eigenvalue weighted by atomic mass is 35.5. The topological polar surface area (TPSA) is 91.7 Å². The van der Waals surface area contributed by atoms with Gasteiger partial charge in [-0.05, 0) is 29.5 Å². The summed E-state index contributed by atoms with van der Waals surface area (Å²) in [6, 6.07) is 5.98. The molecule has 7 heteroatoms. The monoisotopic (exact) mass is 293 g/mol. The number of nitrogens with zero attached hydrogens (tertiary/aromatic N) is 2. The van der Waals surface area contributed by atoms with Crippen molar-refractivity contribution in [2.45, 2.75) is 6.42 Å². The lowest BCUT2D eigenvalue weighted by molar-refractivity contribution is -0.398. The van der Waals surface area contributed by atoms with E-state index in [1.807, 2.05) is 6.07 Å². The number of furan rings is 1. The zero-order chi connectivity index (χ0) is 14.5. The van der Waals surface area contributed by atoms with Gasteiger partial charge in [0.2, 0.25) is 0 Å². The van der Waals surface area contributed by atoms with Gasteiger partial charge in [-0.15, -0.1) is 0 Å². The van der Waals surface area contributed by atoms with E-state index < -0.39 is 16.4 Å². The van der Waals surface area contributed by atoms with E-state index >= 15 is 0 Å². The normalized spacial score (nSPS) is 11.1. The number of benzene rings is 1. The van der Waals surface area contributed by atoms with Crippen LogP contribution in [0.25, 0.3) is 0 Å². The van der Waals surface area contributed by atoms with Crippen molar-refractivity contribution < 1.29 is 14.4 Å². The Kier molecular flexibility index (Phi) is 4.37. The number of halogens is 1. The molecule has 20 heavy (non-hydrogen) atoms. The summed E-state index contributed by atoms with van der Waals surface area (Å²) >= 11 is 5.74. The molecule has 1 aromatic carbocycles. The van der Waals surface area contributed by atoms with Crippen LogP contribution in [-0.4, -0.2) is 17.7 Å². The minimum atomic E-state index is -0.756. The molecular formula is C13H10ClN2O4-. The molecule has 0 unspecified atom stereocenters. The van der Waals surface area contributed by atoms with Crippen molar-refractivity contribution in [1.29, 1.82) is 0 Å². The second-order valence-electron chi connectivity index (χ2n) is 3.97. The second kappa shape index (κ2) is 6.21. The average molecular weight is 294 g/mol. The summed E-state index contributed by atoms with van der Waals surface area (Å²) in [5.74, 6) is 0.0859. The number of hydrogen-bond donors (Lipinski definition) is 0. The molecule has 0 aliphatic carbocycles. The third-order valence-corrected chi connectivity index (χ3v) is 2.78. The standard InChI is InChI=1S/C13H11ClN2O4/c14-10-6-9(13(17)12(7-10)16(18)19)8-15-4-3-11-2-1-5-20-11/h1-2,5-8,17H,3-4H2/p-1. The maximum Gasteiger partial charge on any atom is 0.263 e. The van der Waals surface area contributed by atoms with E-state index in [-0.39, 0.29) is 10.6 Å². The summed E-state index contributed by atoms with van der Waals surface area (Å²) in [5.41, 5.74) is -0.450. The van der Waals surface area contributed by atoms with Crippen LogP contribution in [-0.2, 0) is 6.42 Å². The number of nitro groups is 1. The average Bonchev–Trinajstić information content (AvgIpc) is 2.91. The molecule has 1 aromatic heterocycles. The van der Waals surface area contributed by atoms with Gasteiger partial charge in [0.05, 0.1) is 11.2 Å². The Morgan fingerprint density at radius 3 is 2.90 bits per heavy atom. The lowest BCUT2D eigenvalue weighted by Crippen LogP contribution is -2.02. The van der Waals surface area contributed by atoms with Gasteiger partial charge in [-0.3, -0.25) is 15.1 Å². The van der Waals surface area contributed by atoms with E-state index in [4.69, 9.17) is 16.0 Å². The molecule has 104 valence electrons. The first kappa shape index (κ1) is 14.1. The maximum atomic E-state index is 11.8. The maximum absolute atomic E-state index is 11.8. The Bertz CT molecular complexity index is 638. The molecule has 0 N–H and O–H groups in total. The molecule has 0 atom stereocenters. The predicted octanol–water partition coefficient (Wildman–Crippen LogP) is 2.58. The van der Waals surface area contributed by atoms with Crippen LogP contribution >= 0.6 is 11.6 Å². The molecule has 0 amide bonds. The minimum absolute atomic E-state index is 0.101. The van der Waals surface area contributed by atoms with E-state index in [1.165, 1.54) is 12.3 Å². The van der Waals surface area contributed by atoms with Gasteiger partial charge in [-0.25, -0.2) is 0 Å². The van der Waals surface area contributed by atoms with Crippen LogP contribution in [0.5, 0.6) is 5.75 Å². The Hall–Kier alpha value is -2.34. The molecule has 6 nitrogen and oxygen atoms in total. The molecule has 0 aliphatic rings. The first-order chi connectivity index (χ1) is 9.58. The summed E-state index contributed by atoms with van der Waals surface area (Å²) < 4.78 is 5.13. The molecule has 0 bridgehead atoms. The first-order valence-electron chi connectivity index (χ1n) is 5.75. The highest BCUT2D eigenvalue weighted by molar-refractivity contribution is 6.31. The van der Waals surface area contributed by atoms with Crippen LogP contribution in [0.4, 0.5) is 5.69 Å². The molecule has 1 heterocycles. The molecule has 0 aliphatic heterocycles. The van der Waals surface area contributed by atoms with Crippen LogP contribution in [0.1, 0.15) is 11.3 Å². The highest BCUT2D eigenvalue weighted by Gasteiger charge is 2.11. The van der Waals surface area contributed by atoms with Gasteiger partial charge in [-0.2, -0.15) is 0 Å². The van der Waals surface area contributed by atoms with Crippen LogP contribution in [0, 0.1) is 10.1 Å². The summed E-state index contributed by atoms with van der Waals surface area (Å²) in [6.45, 7) is 0.410. The van der Waals surface area contributed by atoms with Crippen LogP contribution in [0.2, 0.25) is 5.02 Å². The van der Waals surface area contributed by atoms with Crippen LogP contribution < -0.4 is 5.11 Å². The van der Waals surface area contributed by atoms with Gasteiger partial charge in [0.1, 0.15) is 5.76 Å². The molecule has 0 spiro atoms. The van der Waals surface area contributed by atoms with Gasteiger partial charge in [-0.1, -0.05) is 11.6 Å². The molecule has 2 aromatic rings. The third-order valence-electron chi connectivity index (χ3n) is 2.56. The van der Waals surface area contributed by atoms with Crippen molar-refractivity contribution in [2.75, 3.05) is 6.54 Å². The quantitative estimate of drug-likeness (QED) is 0.481. The Morgan fingerprint density at radius 2 is 2.25 bits per heavy atom. The molecule has 0 saturated heterocycles. The fourth-order valence-corrected chi connectivity index (χ4v) is 1.84. The van der Waals surface area contributed by atoms with E-state index in [1.54, 1.807) is 12.3 Å². The number of rotatable bonds is 5. The third kappa shape index (κ3) is 3.36.